The molecule has 1 saturated heterocycles. The van der Waals surface area contributed by atoms with Gasteiger partial charge >= 0.3 is 0 Å². The first-order valence-electron chi connectivity index (χ1n) is 5.91. The van der Waals surface area contributed by atoms with Gasteiger partial charge in [0, 0.05) is 0 Å². The highest BCUT2D eigenvalue weighted by Gasteiger charge is 2.36. The fourth-order valence-electron chi connectivity index (χ4n) is 2.84. The maximum absolute atomic E-state index is 3.50. The molecule has 0 amide bonds. The summed E-state index contributed by atoms with van der Waals surface area (Å²) in [7, 11) is 0. The molecule has 1 aliphatic carbocycles. The molecule has 1 nitrogen and oxygen atoms in total. The fraction of sp³-hybridized carbons (Fsp3) is 1.00. The lowest BCUT2D eigenvalue weighted by Crippen LogP contribution is -2.43. The van der Waals surface area contributed by atoms with Gasteiger partial charge in [-0.1, -0.05) is 33.1 Å². The van der Waals surface area contributed by atoms with E-state index in [-0.39, 0.29) is 0 Å². The van der Waals surface area contributed by atoms with E-state index >= 15 is 0 Å². The van der Waals surface area contributed by atoms with Crippen molar-refractivity contribution in [1.29, 1.82) is 0 Å². The molecule has 2 atom stereocenters. The van der Waals surface area contributed by atoms with Gasteiger partial charge in [-0.3, -0.25) is 0 Å². The van der Waals surface area contributed by atoms with Gasteiger partial charge in [-0.15, -0.1) is 0 Å². The van der Waals surface area contributed by atoms with E-state index in [1.165, 1.54) is 45.2 Å². The van der Waals surface area contributed by atoms with E-state index in [0.717, 1.165) is 11.8 Å². The van der Waals surface area contributed by atoms with Crippen LogP contribution >= 0.6 is 0 Å². The highest BCUT2D eigenvalue weighted by Crippen LogP contribution is 2.44. The third kappa shape index (κ3) is 1.90. The lowest BCUT2D eigenvalue weighted by molar-refractivity contribution is 0.0825. The van der Waals surface area contributed by atoms with E-state index in [9.17, 15) is 0 Å². The quantitative estimate of drug-likeness (QED) is 0.690. The molecule has 0 radical (unpaired) electrons. The second-order valence-electron chi connectivity index (χ2n) is 5.51. The minimum absolute atomic E-state index is 0.649. The minimum atomic E-state index is 0.649. The van der Waals surface area contributed by atoms with Crippen molar-refractivity contribution in [3.8, 4) is 0 Å². The highest BCUT2D eigenvalue weighted by molar-refractivity contribution is 4.89. The van der Waals surface area contributed by atoms with Gasteiger partial charge in [-0.25, -0.2) is 0 Å². The van der Waals surface area contributed by atoms with Crippen molar-refractivity contribution < 1.29 is 0 Å². The maximum Gasteiger partial charge on any atom is -0.00179 e. The Morgan fingerprint density at radius 2 is 2.15 bits per heavy atom. The van der Waals surface area contributed by atoms with Crippen LogP contribution in [-0.4, -0.2) is 13.1 Å². The summed E-state index contributed by atoms with van der Waals surface area (Å²) in [6.07, 6.45) is 7.40. The van der Waals surface area contributed by atoms with Gasteiger partial charge in [0.25, 0.3) is 0 Å². The van der Waals surface area contributed by atoms with Crippen molar-refractivity contribution >= 4 is 0 Å². The number of hydrogen-bond donors (Lipinski definition) is 1. The number of hydrogen-bond acceptors (Lipinski definition) is 1. The first kappa shape index (κ1) is 9.51. The normalized spacial score (nSPS) is 41.5. The predicted octanol–water partition coefficient (Wildman–Crippen LogP) is 2.81. The molecule has 0 bridgehead atoms. The second kappa shape index (κ2) is 3.61. The molecular weight excluding hydrogens is 158 g/mol. The fourth-order valence-corrected chi connectivity index (χ4v) is 2.84. The Kier molecular flexibility index (Phi) is 2.64. The van der Waals surface area contributed by atoms with Crippen molar-refractivity contribution in [2.75, 3.05) is 13.1 Å². The maximum atomic E-state index is 3.50. The number of nitrogens with one attached hydrogen (secondary N) is 1. The van der Waals surface area contributed by atoms with Gasteiger partial charge in [0.05, 0.1) is 0 Å². The van der Waals surface area contributed by atoms with Crippen LogP contribution in [0.2, 0.25) is 0 Å². The van der Waals surface area contributed by atoms with Crippen LogP contribution in [0, 0.1) is 17.3 Å². The topological polar surface area (TPSA) is 12.0 Å². The molecule has 0 aromatic rings. The molecule has 76 valence electrons. The van der Waals surface area contributed by atoms with E-state index in [1.54, 1.807) is 0 Å². The Bertz CT molecular complexity index is 174. The highest BCUT2D eigenvalue weighted by atomic mass is 14.9. The predicted molar refractivity (Wildman–Crippen MR) is 56.7 cm³/mol. The molecule has 0 spiro atoms. The van der Waals surface area contributed by atoms with Crippen molar-refractivity contribution in [2.24, 2.45) is 17.3 Å². The average Bonchev–Trinajstić information content (AvgIpc) is 2.04. The summed E-state index contributed by atoms with van der Waals surface area (Å²) in [5, 5.41) is 3.50. The summed E-state index contributed by atoms with van der Waals surface area (Å²) < 4.78 is 0. The van der Waals surface area contributed by atoms with Crippen molar-refractivity contribution in [1.82, 2.24) is 5.32 Å². The molecule has 0 aromatic carbocycles. The van der Waals surface area contributed by atoms with Crippen LogP contribution in [-0.2, 0) is 0 Å². The summed E-state index contributed by atoms with van der Waals surface area (Å²) in [5.74, 6) is 1.95. The SMILES string of the molecule is CC1CNCCC1(C)CC1CCC1. The van der Waals surface area contributed by atoms with Crippen molar-refractivity contribution in [2.45, 2.75) is 46.0 Å². The lowest BCUT2D eigenvalue weighted by atomic mass is 9.64. The molecule has 1 N–H and O–H groups in total. The van der Waals surface area contributed by atoms with Crippen LogP contribution in [0.25, 0.3) is 0 Å². The smallest absolute Gasteiger partial charge is 0.00179 e. The van der Waals surface area contributed by atoms with E-state index in [4.69, 9.17) is 0 Å². The number of piperidine rings is 1. The zero-order valence-corrected chi connectivity index (χ0v) is 9.10. The summed E-state index contributed by atoms with van der Waals surface area (Å²) in [5.41, 5.74) is 0.649. The zero-order valence-electron chi connectivity index (χ0n) is 9.10. The molecule has 2 aliphatic rings. The summed E-state index contributed by atoms with van der Waals surface area (Å²) >= 11 is 0. The van der Waals surface area contributed by atoms with Gasteiger partial charge in [-0.05, 0) is 43.2 Å². The zero-order chi connectivity index (χ0) is 9.31. The molecule has 2 rings (SSSR count). The molecule has 1 heterocycles. The molecule has 1 heteroatoms. The molecule has 1 aliphatic heterocycles. The minimum Gasteiger partial charge on any atom is -0.316 e. The summed E-state index contributed by atoms with van der Waals surface area (Å²) in [6.45, 7) is 7.42. The van der Waals surface area contributed by atoms with Crippen LogP contribution in [0.15, 0.2) is 0 Å². The Hall–Kier alpha value is -0.0400. The van der Waals surface area contributed by atoms with E-state index < -0.39 is 0 Å². The van der Waals surface area contributed by atoms with Gasteiger partial charge in [0.15, 0.2) is 0 Å². The van der Waals surface area contributed by atoms with E-state index in [2.05, 4.69) is 19.2 Å². The molecule has 13 heavy (non-hydrogen) atoms. The molecule has 2 fully saturated rings. The van der Waals surface area contributed by atoms with Crippen LogP contribution in [0.3, 0.4) is 0 Å². The largest absolute Gasteiger partial charge is 0.316 e. The van der Waals surface area contributed by atoms with Crippen LogP contribution < -0.4 is 5.32 Å². The van der Waals surface area contributed by atoms with E-state index in [1.807, 2.05) is 0 Å². The van der Waals surface area contributed by atoms with Crippen LogP contribution in [0.1, 0.15) is 46.0 Å². The molecule has 2 unspecified atom stereocenters. The third-order valence-corrected chi connectivity index (χ3v) is 4.49. The first-order valence-corrected chi connectivity index (χ1v) is 5.91. The van der Waals surface area contributed by atoms with Crippen molar-refractivity contribution in [3.05, 3.63) is 0 Å². The summed E-state index contributed by atoms with van der Waals surface area (Å²) in [6, 6.07) is 0. The third-order valence-electron chi connectivity index (χ3n) is 4.49. The Labute approximate surface area is 82.3 Å². The second-order valence-corrected chi connectivity index (χ2v) is 5.51. The monoisotopic (exact) mass is 181 g/mol. The molecular formula is C12H23N. The number of rotatable bonds is 2. The van der Waals surface area contributed by atoms with E-state index in [0.29, 0.717) is 5.41 Å². The standard InChI is InChI=1S/C12H23N/c1-10-9-13-7-6-12(10,2)8-11-4-3-5-11/h10-11,13H,3-9H2,1-2H3. The Balaban J connectivity index is 1.91. The summed E-state index contributed by atoms with van der Waals surface area (Å²) in [4.78, 5) is 0. The molecule has 1 saturated carbocycles. The van der Waals surface area contributed by atoms with Crippen LogP contribution in [0.4, 0.5) is 0 Å². The molecule has 0 aromatic heterocycles. The average molecular weight is 181 g/mol. The van der Waals surface area contributed by atoms with Gasteiger partial charge < -0.3 is 5.32 Å². The Morgan fingerprint density at radius 3 is 2.69 bits per heavy atom. The first-order chi connectivity index (χ1) is 6.21. The van der Waals surface area contributed by atoms with Crippen LogP contribution in [0.5, 0.6) is 0 Å². The van der Waals surface area contributed by atoms with Gasteiger partial charge in [0.1, 0.15) is 0 Å². The Morgan fingerprint density at radius 1 is 1.38 bits per heavy atom. The van der Waals surface area contributed by atoms with Crippen molar-refractivity contribution in [3.63, 3.8) is 0 Å². The van der Waals surface area contributed by atoms with Gasteiger partial charge in [-0.2, -0.15) is 0 Å². The lowest BCUT2D eigenvalue weighted by Gasteiger charge is -2.44. The van der Waals surface area contributed by atoms with Gasteiger partial charge in [0.2, 0.25) is 0 Å².